The Morgan fingerprint density at radius 1 is 1.16 bits per heavy atom. The molecule has 2 aromatic rings. The second-order valence-corrected chi connectivity index (χ2v) is 6.40. The molecule has 6 heteroatoms. The molecule has 0 spiro atoms. The first-order valence-electron chi connectivity index (χ1n) is 7.93. The lowest BCUT2D eigenvalue weighted by Crippen LogP contribution is -2.47. The van der Waals surface area contributed by atoms with Crippen molar-refractivity contribution in [1.29, 1.82) is 0 Å². The lowest BCUT2D eigenvalue weighted by Gasteiger charge is -2.33. The molecule has 4 N–H and O–H groups in total. The summed E-state index contributed by atoms with van der Waals surface area (Å²) >= 11 is 0. The Bertz CT molecular complexity index is 873. The van der Waals surface area contributed by atoms with Gasteiger partial charge in [-0.05, 0) is 41.8 Å². The Kier molecular flexibility index (Phi) is 4.04. The summed E-state index contributed by atoms with van der Waals surface area (Å²) in [4.78, 5) is 29.3. The van der Waals surface area contributed by atoms with Crippen molar-refractivity contribution < 1.29 is 9.59 Å². The van der Waals surface area contributed by atoms with Crippen molar-refractivity contribution in [3.63, 3.8) is 0 Å². The van der Waals surface area contributed by atoms with Gasteiger partial charge in [0.05, 0.1) is 12.0 Å². The normalized spacial score (nSPS) is 20.3. The van der Waals surface area contributed by atoms with E-state index >= 15 is 0 Å². The van der Waals surface area contributed by atoms with E-state index in [2.05, 4.69) is 4.99 Å². The maximum absolute atomic E-state index is 12.2. The number of hydrogen-bond donors (Lipinski definition) is 2. The summed E-state index contributed by atoms with van der Waals surface area (Å²) in [6, 6.07) is 14.9. The molecule has 0 fully saturated rings. The number of carbonyl (C=O) groups excluding carboxylic acids is 2. The van der Waals surface area contributed by atoms with E-state index in [1.807, 2.05) is 43.3 Å². The first-order valence-corrected chi connectivity index (χ1v) is 7.93. The van der Waals surface area contributed by atoms with E-state index in [1.165, 1.54) is 4.90 Å². The van der Waals surface area contributed by atoms with Crippen LogP contribution in [-0.2, 0) is 10.3 Å². The highest BCUT2D eigenvalue weighted by molar-refractivity contribution is 5.98. The SMILES string of the molecule is CN1C(=O)CC(C)(c2cccc(-c3ccc(C(N)=O)cc3)c2)N=C1N. The zero-order chi connectivity index (χ0) is 18.2. The Labute approximate surface area is 146 Å². The van der Waals surface area contributed by atoms with E-state index in [0.29, 0.717) is 5.56 Å². The molecule has 1 heterocycles. The first kappa shape index (κ1) is 16.7. The molecule has 1 aliphatic rings. The van der Waals surface area contributed by atoms with Gasteiger partial charge in [-0.15, -0.1) is 0 Å². The van der Waals surface area contributed by atoms with Crippen molar-refractivity contribution >= 4 is 17.8 Å². The van der Waals surface area contributed by atoms with Crippen LogP contribution in [0.15, 0.2) is 53.5 Å². The minimum atomic E-state index is -0.698. The second-order valence-electron chi connectivity index (χ2n) is 6.40. The first-order chi connectivity index (χ1) is 11.8. The third-order valence-electron chi connectivity index (χ3n) is 4.56. The molecule has 2 aromatic carbocycles. The van der Waals surface area contributed by atoms with Crippen molar-refractivity contribution in [2.45, 2.75) is 18.9 Å². The van der Waals surface area contributed by atoms with Gasteiger partial charge in [-0.25, -0.2) is 4.99 Å². The maximum atomic E-state index is 12.2. The monoisotopic (exact) mass is 336 g/mol. The average Bonchev–Trinajstić information content (AvgIpc) is 2.60. The van der Waals surface area contributed by atoms with Crippen LogP contribution in [0.1, 0.15) is 29.3 Å². The highest BCUT2D eigenvalue weighted by Gasteiger charge is 2.36. The zero-order valence-electron chi connectivity index (χ0n) is 14.2. The molecule has 1 unspecified atom stereocenters. The van der Waals surface area contributed by atoms with Crippen molar-refractivity contribution in [2.75, 3.05) is 7.05 Å². The van der Waals surface area contributed by atoms with E-state index in [0.717, 1.165) is 16.7 Å². The third-order valence-corrected chi connectivity index (χ3v) is 4.56. The molecular formula is C19H20N4O2. The quantitative estimate of drug-likeness (QED) is 0.894. The van der Waals surface area contributed by atoms with Crippen molar-refractivity contribution in [3.8, 4) is 11.1 Å². The Morgan fingerprint density at radius 3 is 2.44 bits per heavy atom. The molecule has 2 amide bonds. The number of amides is 2. The third kappa shape index (κ3) is 3.10. The molecule has 0 aromatic heterocycles. The van der Waals surface area contributed by atoms with Gasteiger partial charge in [0.1, 0.15) is 0 Å². The summed E-state index contributed by atoms with van der Waals surface area (Å²) in [6.45, 7) is 1.90. The summed E-state index contributed by atoms with van der Waals surface area (Å²) in [5, 5.41) is 0. The molecule has 0 saturated heterocycles. The number of carbonyl (C=O) groups is 2. The number of primary amides is 1. The minimum absolute atomic E-state index is 0.0637. The Hall–Kier alpha value is -3.15. The molecular weight excluding hydrogens is 316 g/mol. The fourth-order valence-electron chi connectivity index (χ4n) is 2.94. The van der Waals surface area contributed by atoms with Crippen LogP contribution in [0, 0.1) is 0 Å². The summed E-state index contributed by atoms with van der Waals surface area (Å²) < 4.78 is 0. The minimum Gasteiger partial charge on any atom is -0.369 e. The number of nitrogens with two attached hydrogens (primary N) is 2. The number of nitrogens with zero attached hydrogens (tertiary/aromatic N) is 2. The lowest BCUT2D eigenvalue weighted by atomic mass is 9.86. The van der Waals surface area contributed by atoms with Gasteiger partial charge in [0.15, 0.2) is 5.96 Å². The van der Waals surface area contributed by atoms with Gasteiger partial charge in [0.25, 0.3) is 0 Å². The molecule has 1 atom stereocenters. The van der Waals surface area contributed by atoms with Crippen LogP contribution >= 0.6 is 0 Å². The predicted octanol–water partition coefficient (Wildman–Crippen LogP) is 1.84. The highest BCUT2D eigenvalue weighted by Crippen LogP contribution is 2.34. The van der Waals surface area contributed by atoms with Gasteiger partial charge in [-0.2, -0.15) is 0 Å². The molecule has 25 heavy (non-hydrogen) atoms. The van der Waals surface area contributed by atoms with E-state index in [9.17, 15) is 9.59 Å². The number of hydrogen-bond acceptors (Lipinski definition) is 4. The largest absolute Gasteiger partial charge is 0.369 e. The van der Waals surface area contributed by atoms with Gasteiger partial charge >= 0.3 is 0 Å². The van der Waals surface area contributed by atoms with E-state index < -0.39 is 11.4 Å². The number of benzene rings is 2. The average molecular weight is 336 g/mol. The van der Waals surface area contributed by atoms with Crippen LogP contribution in [-0.4, -0.2) is 29.7 Å². The molecule has 0 saturated carbocycles. The molecule has 1 aliphatic heterocycles. The van der Waals surface area contributed by atoms with Crippen LogP contribution in [0.25, 0.3) is 11.1 Å². The van der Waals surface area contributed by atoms with E-state index in [4.69, 9.17) is 11.5 Å². The van der Waals surface area contributed by atoms with Gasteiger partial charge in [0, 0.05) is 12.6 Å². The van der Waals surface area contributed by atoms with Crippen molar-refractivity contribution in [2.24, 2.45) is 16.5 Å². The number of guanidine groups is 1. The fraction of sp³-hybridized carbons (Fsp3) is 0.211. The van der Waals surface area contributed by atoms with Crippen LogP contribution in [0.4, 0.5) is 0 Å². The molecule has 0 aliphatic carbocycles. The van der Waals surface area contributed by atoms with Crippen LogP contribution < -0.4 is 11.5 Å². The Morgan fingerprint density at radius 2 is 1.84 bits per heavy atom. The summed E-state index contributed by atoms with van der Waals surface area (Å²) in [5.41, 5.74) is 13.8. The summed E-state index contributed by atoms with van der Waals surface area (Å²) in [7, 11) is 1.62. The standard InChI is InChI=1S/C19H20N4O2/c1-19(11-16(24)23(2)18(21)22-19)15-5-3-4-14(10-15)12-6-8-13(9-7-12)17(20)25/h3-10H,11H2,1-2H3,(H2,20,25)(H2,21,22). The van der Waals surface area contributed by atoms with Crippen LogP contribution in [0.3, 0.4) is 0 Å². The molecule has 128 valence electrons. The zero-order valence-corrected chi connectivity index (χ0v) is 14.2. The van der Waals surface area contributed by atoms with Crippen LogP contribution in [0.2, 0.25) is 0 Å². The number of aliphatic imine (C=N–C) groups is 1. The highest BCUT2D eigenvalue weighted by atomic mass is 16.2. The summed E-state index contributed by atoms with van der Waals surface area (Å²) in [6.07, 6.45) is 0.258. The molecule has 0 bridgehead atoms. The van der Waals surface area contributed by atoms with Crippen molar-refractivity contribution in [1.82, 2.24) is 4.90 Å². The van der Waals surface area contributed by atoms with Gasteiger partial charge in [-0.3, -0.25) is 14.5 Å². The predicted molar refractivity (Wildman–Crippen MR) is 96.8 cm³/mol. The van der Waals surface area contributed by atoms with Gasteiger partial charge < -0.3 is 11.5 Å². The second kappa shape index (κ2) is 6.05. The number of rotatable bonds is 3. The Balaban J connectivity index is 1.99. The lowest BCUT2D eigenvalue weighted by molar-refractivity contribution is -0.128. The molecule has 0 radical (unpaired) electrons. The maximum Gasteiger partial charge on any atom is 0.248 e. The smallest absolute Gasteiger partial charge is 0.248 e. The van der Waals surface area contributed by atoms with Crippen LogP contribution in [0.5, 0.6) is 0 Å². The molecule has 6 nitrogen and oxygen atoms in total. The topological polar surface area (TPSA) is 102 Å². The van der Waals surface area contributed by atoms with Crippen molar-refractivity contribution in [3.05, 3.63) is 59.7 Å². The van der Waals surface area contributed by atoms with Gasteiger partial charge in [0.2, 0.25) is 11.8 Å². The summed E-state index contributed by atoms with van der Waals surface area (Å²) in [5.74, 6) is -0.302. The fourth-order valence-corrected chi connectivity index (χ4v) is 2.94. The van der Waals surface area contributed by atoms with E-state index in [-0.39, 0.29) is 18.3 Å². The van der Waals surface area contributed by atoms with Gasteiger partial charge in [-0.1, -0.05) is 30.3 Å². The van der Waals surface area contributed by atoms with E-state index in [1.54, 1.807) is 19.2 Å². The molecule has 3 rings (SSSR count).